The van der Waals surface area contributed by atoms with E-state index in [2.05, 4.69) is 31.3 Å². The van der Waals surface area contributed by atoms with Crippen molar-refractivity contribution in [1.82, 2.24) is 5.32 Å². The first-order valence-corrected chi connectivity index (χ1v) is 6.75. The molecule has 0 aromatic heterocycles. The molecule has 1 aromatic rings. The van der Waals surface area contributed by atoms with E-state index < -0.39 is 10.4 Å². The second-order valence-corrected chi connectivity index (χ2v) is 5.36. The third kappa shape index (κ3) is 10.0. The molecule has 8 heteroatoms. The van der Waals surface area contributed by atoms with E-state index in [1.165, 1.54) is 5.56 Å². The van der Waals surface area contributed by atoms with Crippen LogP contribution < -0.4 is 11.1 Å². The largest absolute Gasteiger partial charge is 0.394 e. The van der Waals surface area contributed by atoms with Crippen LogP contribution >= 0.6 is 0 Å². The topological polar surface area (TPSA) is 136 Å². The molecule has 1 rings (SSSR count). The van der Waals surface area contributed by atoms with Crippen LogP contribution in [0.4, 0.5) is 0 Å². The Bertz CT molecular complexity index is 492. The van der Waals surface area contributed by atoms with Gasteiger partial charge < -0.3 is 11.1 Å². The molecule has 0 aliphatic carbocycles. The zero-order valence-electron chi connectivity index (χ0n) is 10.8. The predicted molar refractivity (Wildman–Crippen MR) is 73.6 cm³/mol. The highest BCUT2D eigenvalue weighted by Crippen LogP contribution is 2.21. The molecule has 0 saturated heterocycles. The van der Waals surface area contributed by atoms with Gasteiger partial charge in [-0.1, -0.05) is 44.2 Å². The normalized spacial score (nSPS) is 11.2. The molecular weight excluding hydrogens is 270 g/mol. The number of benzene rings is 1. The highest BCUT2D eigenvalue weighted by molar-refractivity contribution is 7.79. The Morgan fingerprint density at radius 1 is 1.32 bits per heavy atom. The second kappa shape index (κ2) is 7.07. The first-order valence-electron chi connectivity index (χ1n) is 5.35. The molecular formula is C11H19N3O4S. The summed E-state index contributed by atoms with van der Waals surface area (Å²) < 4.78 is 31.6. The van der Waals surface area contributed by atoms with Crippen molar-refractivity contribution in [1.29, 1.82) is 5.41 Å². The van der Waals surface area contributed by atoms with Crippen molar-refractivity contribution >= 4 is 16.4 Å². The van der Waals surface area contributed by atoms with Crippen molar-refractivity contribution in [2.24, 2.45) is 5.73 Å². The molecule has 6 N–H and O–H groups in total. The van der Waals surface area contributed by atoms with Gasteiger partial charge in [0.1, 0.15) is 0 Å². The molecule has 0 atom stereocenters. The zero-order chi connectivity index (χ0) is 15.1. The number of guanidine groups is 1. The molecule has 0 spiro atoms. The van der Waals surface area contributed by atoms with Gasteiger partial charge in [0.2, 0.25) is 0 Å². The number of nitrogens with two attached hydrogens (primary N) is 1. The SMILES string of the molecule is CC(C)(CNC(=N)N)c1ccccc1.O=S(=O)(O)O. The maximum atomic E-state index is 8.74. The van der Waals surface area contributed by atoms with Crippen LogP contribution in [0.2, 0.25) is 0 Å². The summed E-state index contributed by atoms with van der Waals surface area (Å²) in [6, 6.07) is 10.2. The van der Waals surface area contributed by atoms with Crippen LogP contribution in [-0.4, -0.2) is 30.0 Å². The maximum absolute atomic E-state index is 8.74. The Morgan fingerprint density at radius 2 is 1.74 bits per heavy atom. The van der Waals surface area contributed by atoms with E-state index >= 15 is 0 Å². The highest BCUT2D eigenvalue weighted by atomic mass is 32.3. The lowest BCUT2D eigenvalue weighted by Crippen LogP contribution is -2.39. The molecule has 0 aliphatic rings. The van der Waals surface area contributed by atoms with Gasteiger partial charge in [0.15, 0.2) is 5.96 Å². The summed E-state index contributed by atoms with van der Waals surface area (Å²) in [4.78, 5) is 0. The van der Waals surface area contributed by atoms with Crippen molar-refractivity contribution in [3.8, 4) is 0 Å². The molecule has 0 heterocycles. The summed E-state index contributed by atoms with van der Waals surface area (Å²) in [6.07, 6.45) is 0. The first-order chi connectivity index (χ1) is 8.52. The molecule has 0 fully saturated rings. The predicted octanol–water partition coefficient (Wildman–Crippen LogP) is 0.794. The third-order valence-electron chi connectivity index (χ3n) is 2.28. The van der Waals surface area contributed by atoms with Crippen molar-refractivity contribution in [3.63, 3.8) is 0 Å². The summed E-state index contributed by atoms with van der Waals surface area (Å²) in [5, 5.41) is 9.95. The lowest BCUT2D eigenvalue weighted by Gasteiger charge is -2.25. The van der Waals surface area contributed by atoms with Crippen LogP contribution in [0.15, 0.2) is 30.3 Å². The highest BCUT2D eigenvalue weighted by Gasteiger charge is 2.19. The fraction of sp³-hybridized carbons (Fsp3) is 0.364. The van der Waals surface area contributed by atoms with E-state index in [1.807, 2.05) is 18.2 Å². The van der Waals surface area contributed by atoms with Gasteiger partial charge >= 0.3 is 10.4 Å². The van der Waals surface area contributed by atoms with Crippen molar-refractivity contribution in [3.05, 3.63) is 35.9 Å². The molecule has 0 unspecified atom stereocenters. The third-order valence-corrected chi connectivity index (χ3v) is 2.28. The minimum absolute atomic E-state index is 0.00701. The van der Waals surface area contributed by atoms with Crippen LogP contribution in [0.25, 0.3) is 0 Å². The molecule has 0 saturated carbocycles. The number of hydrogen-bond donors (Lipinski definition) is 5. The van der Waals surface area contributed by atoms with E-state index in [4.69, 9.17) is 28.7 Å². The van der Waals surface area contributed by atoms with E-state index in [0.29, 0.717) is 6.54 Å². The van der Waals surface area contributed by atoms with Gasteiger partial charge in [0.25, 0.3) is 0 Å². The van der Waals surface area contributed by atoms with Gasteiger partial charge in [0.05, 0.1) is 0 Å². The summed E-state index contributed by atoms with van der Waals surface area (Å²) in [7, 11) is -4.67. The molecule has 0 aliphatic heterocycles. The summed E-state index contributed by atoms with van der Waals surface area (Å²) in [6.45, 7) is 4.92. The van der Waals surface area contributed by atoms with Crippen LogP contribution in [0.3, 0.4) is 0 Å². The monoisotopic (exact) mass is 289 g/mol. The van der Waals surface area contributed by atoms with Gasteiger partial charge in [0, 0.05) is 12.0 Å². The Morgan fingerprint density at radius 3 is 2.11 bits per heavy atom. The summed E-state index contributed by atoms with van der Waals surface area (Å²) in [5.74, 6) is 0.0222. The van der Waals surface area contributed by atoms with Crippen LogP contribution in [-0.2, 0) is 15.8 Å². The van der Waals surface area contributed by atoms with E-state index in [1.54, 1.807) is 0 Å². The molecule has 0 radical (unpaired) electrons. The number of nitrogens with one attached hydrogen (secondary N) is 2. The number of hydrogen-bond acceptors (Lipinski definition) is 3. The van der Waals surface area contributed by atoms with E-state index in [9.17, 15) is 0 Å². The van der Waals surface area contributed by atoms with Crippen molar-refractivity contribution in [2.45, 2.75) is 19.3 Å². The quantitative estimate of drug-likeness (QED) is 0.317. The Kier molecular flexibility index (Phi) is 6.46. The van der Waals surface area contributed by atoms with Crippen molar-refractivity contribution in [2.75, 3.05) is 6.54 Å². The Labute approximate surface area is 112 Å². The minimum Gasteiger partial charge on any atom is -0.370 e. The molecule has 108 valence electrons. The minimum atomic E-state index is -4.67. The van der Waals surface area contributed by atoms with Crippen LogP contribution in [0, 0.1) is 5.41 Å². The maximum Gasteiger partial charge on any atom is 0.394 e. The number of rotatable bonds is 3. The fourth-order valence-corrected chi connectivity index (χ4v) is 1.31. The lowest BCUT2D eigenvalue weighted by atomic mass is 9.85. The standard InChI is InChI=1S/C11H17N3.H2O4S/c1-11(2,8-14-10(12)13)9-6-4-3-5-7-9;1-5(2,3)4/h3-7H,8H2,1-2H3,(H4,12,13,14);(H2,1,2,3,4). The average molecular weight is 289 g/mol. The average Bonchev–Trinajstić information content (AvgIpc) is 2.26. The molecule has 19 heavy (non-hydrogen) atoms. The molecule has 0 amide bonds. The first kappa shape index (κ1) is 17.4. The smallest absolute Gasteiger partial charge is 0.370 e. The van der Waals surface area contributed by atoms with E-state index in [0.717, 1.165) is 0 Å². The summed E-state index contributed by atoms with van der Waals surface area (Å²) in [5.41, 5.74) is 6.49. The molecule has 0 bridgehead atoms. The molecule has 1 aromatic carbocycles. The van der Waals surface area contributed by atoms with Crippen LogP contribution in [0.5, 0.6) is 0 Å². The fourth-order valence-electron chi connectivity index (χ4n) is 1.31. The van der Waals surface area contributed by atoms with Crippen molar-refractivity contribution < 1.29 is 17.5 Å². The van der Waals surface area contributed by atoms with Gasteiger partial charge in [-0.25, -0.2) is 0 Å². The van der Waals surface area contributed by atoms with Gasteiger partial charge in [-0.3, -0.25) is 14.5 Å². The zero-order valence-corrected chi connectivity index (χ0v) is 11.6. The molecule has 7 nitrogen and oxygen atoms in total. The van der Waals surface area contributed by atoms with Gasteiger partial charge in [-0.2, -0.15) is 8.42 Å². The Balaban J connectivity index is 0.000000555. The lowest BCUT2D eigenvalue weighted by molar-refractivity contribution is 0.381. The summed E-state index contributed by atoms with van der Waals surface area (Å²) >= 11 is 0. The Hall–Kier alpha value is -1.64. The van der Waals surface area contributed by atoms with Crippen LogP contribution in [0.1, 0.15) is 19.4 Å². The van der Waals surface area contributed by atoms with Gasteiger partial charge in [-0.05, 0) is 5.56 Å². The van der Waals surface area contributed by atoms with Gasteiger partial charge in [-0.15, -0.1) is 0 Å². The van der Waals surface area contributed by atoms with E-state index in [-0.39, 0.29) is 11.4 Å². The second-order valence-electron chi connectivity index (χ2n) is 4.46.